The molecule has 0 aliphatic heterocycles. The molecule has 0 aromatic heterocycles. The fraction of sp³-hybridized carbons (Fsp3) is 0.833. The van der Waals surface area contributed by atoms with Crippen molar-refractivity contribution in [3.8, 4) is 0 Å². The largest absolute Gasteiger partial charge is 0.480 e. The van der Waals surface area contributed by atoms with Gasteiger partial charge in [-0.05, 0) is 26.8 Å². The van der Waals surface area contributed by atoms with Crippen molar-refractivity contribution in [2.45, 2.75) is 51.1 Å². The number of halogens is 1. The summed E-state index contributed by atoms with van der Waals surface area (Å²) in [7, 11) is 1.72. The molecule has 0 aromatic carbocycles. The summed E-state index contributed by atoms with van der Waals surface area (Å²) in [4.78, 5) is 24.0. The molecule has 1 atom stereocenters. The molecular formula is C12H23ClN2O3. The Morgan fingerprint density at radius 3 is 2.44 bits per heavy atom. The SMILES string of the molecule is CC(C(=O)O)N(C)CCC(=O)NC1CCCC1.Cl. The van der Waals surface area contributed by atoms with Gasteiger partial charge in [-0.25, -0.2) is 0 Å². The smallest absolute Gasteiger partial charge is 0.320 e. The summed E-state index contributed by atoms with van der Waals surface area (Å²) in [5, 5.41) is 11.8. The van der Waals surface area contributed by atoms with Gasteiger partial charge >= 0.3 is 5.97 Å². The van der Waals surface area contributed by atoms with Gasteiger partial charge in [0.15, 0.2) is 0 Å². The number of hydrogen-bond acceptors (Lipinski definition) is 3. The maximum Gasteiger partial charge on any atom is 0.320 e. The molecule has 1 amide bonds. The van der Waals surface area contributed by atoms with E-state index in [1.54, 1.807) is 18.9 Å². The van der Waals surface area contributed by atoms with Crippen molar-refractivity contribution in [1.82, 2.24) is 10.2 Å². The predicted octanol–water partition coefficient (Wildman–Crippen LogP) is 1.26. The van der Waals surface area contributed by atoms with Crippen LogP contribution in [0.4, 0.5) is 0 Å². The van der Waals surface area contributed by atoms with Crippen LogP contribution in [-0.2, 0) is 9.59 Å². The van der Waals surface area contributed by atoms with Crippen LogP contribution < -0.4 is 5.32 Å². The van der Waals surface area contributed by atoms with E-state index in [0.29, 0.717) is 19.0 Å². The Morgan fingerprint density at radius 2 is 1.94 bits per heavy atom. The fourth-order valence-electron chi connectivity index (χ4n) is 2.03. The molecule has 18 heavy (non-hydrogen) atoms. The highest BCUT2D eigenvalue weighted by Crippen LogP contribution is 2.17. The Labute approximate surface area is 114 Å². The molecule has 106 valence electrons. The Kier molecular flexibility index (Phi) is 7.95. The molecule has 0 heterocycles. The van der Waals surface area contributed by atoms with Gasteiger partial charge in [-0.1, -0.05) is 12.8 Å². The van der Waals surface area contributed by atoms with E-state index in [1.807, 2.05) is 0 Å². The van der Waals surface area contributed by atoms with Gasteiger partial charge < -0.3 is 10.4 Å². The number of carbonyl (C=O) groups is 2. The van der Waals surface area contributed by atoms with Crippen LogP contribution in [0.2, 0.25) is 0 Å². The lowest BCUT2D eigenvalue weighted by atomic mass is 10.2. The number of amides is 1. The Bertz CT molecular complexity index is 280. The zero-order valence-corrected chi connectivity index (χ0v) is 11.8. The number of carboxylic acid groups (broad SMARTS) is 1. The van der Waals surface area contributed by atoms with E-state index in [4.69, 9.17) is 5.11 Å². The van der Waals surface area contributed by atoms with Gasteiger partial charge in [-0.3, -0.25) is 14.5 Å². The van der Waals surface area contributed by atoms with E-state index in [9.17, 15) is 9.59 Å². The van der Waals surface area contributed by atoms with Crippen LogP contribution >= 0.6 is 12.4 Å². The zero-order chi connectivity index (χ0) is 12.8. The first kappa shape index (κ1) is 17.2. The number of hydrogen-bond donors (Lipinski definition) is 2. The Hall–Kier alpha value is -0.810. The number of carboxylic acids is 1. The van der Waals surface area contributed by atoms with Gasteiger partial charge in [0.05, 0.1) is 0 Å². The standard InChI is InChI=1S/C12H22N2O3.ClH/c1-9(12(16)17)14(2)8-7-11(15)13-10-5-3-4-6-10;/h9-10H,3-8H2,1-2H3,(H,13,15)(H,16,17);1H. The normalized spacial score (nSPS) is 17.3. The third-order valence-electron chi connectivity index (χ3n) is 3.43. The first-order chi connectivity index (χ1) is 8.00. The zero-order valence-electron chi connectivity index (χ0n) is 11.0. The minimum atomic E-state index is -0.858. The molecule has 1 aliphatic rings. The molecule has 0 radical (unpaired) electrons. The summed E-state index contributed by atoms with van der Waals surface area (Å²) in [6.07, 6.45) is 4.91. The summed E-state index contributed by atoms with van der Waals surface area (Å²) in [5.74, 6) is -0.829. The van der Waals surface area contributed by atoms with Crippen molar-refractivity contribution in [3.63, 3.8) is 0 Å². The van der Waals surface area contributed by atoms with Gasteiger partial charge in [0.2, 0.25) is 5.91 Å². The molecular weight excluding hydrogens is 256 g/mol. The van der Waals surface area contributed by atoms with Crippen LogP contribution in [0.3, 0.4) is 0 Å². The molecule has 6 heteroatoms. The fourth-order valence-corrected chi connectivity index (χ4v) is 2.03. The highest BCUT2D eigenvalue weighted by Gasteiger charge is 2.19. The van der Waals surface area contributed by atoms with Crippen LogP contribution in [0, 0.1) is 0 Å². The molecule has 5 nitrogen and oxygen atoms in total. The van der Waals surface area contributed by atoms with Crippen LogP contribution in [-0.4, -0.2) is 47.6 Å². The average molecular weight is 279 g/mol. The van der Waals surface area contributed by atoms with Gasteiger partial charge in [0.25, 0.3) is 0 Å². The second-order valence-electron chi connectivity index (χ2n) is 4.79. The van der Waals surface area contributed by atoms with Gasteiger partial charge in [-0.15, -0.1) is 12.4 Å². The maximum atomic E-state index is 11.6. The highest BCUT2D eigenvalue weighted by atomic mass is 35.5. The van der Waals surface area contributed by atoms with Crippen molar-refractivity contribution >= 4 is 24.3 Å². The van der Waals surface area contributed by atoms with Crippen molar-refractivity contribution in [3.05, 3.63) is 0 Å². The van der Waals surface area contributed by atoms with E-state index in [0.717, 1.165) is 12.8 Å². The minimum Gasteiger partial charge on any atom is -0.480 e. The molecule has 0 saturated heterocycles. The average Bonchev–Trinajstić information content (AvgIpc) is 2.77. The van der Waals surface area contributed by atoms with Crippen molar-refractivity contribution in [2.24, 2.45) is 0 Å². The Balaban J connectivity index is 0.00000289. The van der Waals surface area contributed by atoms with Crippen LogP contribution in [0.25, 0.3) is 0 Å². The predicted molar refractivity (Wildman–Crippen MR) is 72.0 cm³/mol. The van der Waals surface area contributed by atoms with Crippen LogP contribution in [0.5, 0.6) is 0 Å². The van der Waals surface area contributed by atoms with E-state index in [1.165, 1.54) is 12.8 Å². The number of aliphatic carboxylic acids is 1. The number of rotatable bonds is 6. The van der Waals surface area contributed by atoms with Crippen molar-refractivity contribution in [2.75, 3.05) is 13.6 Å². The molecule has 0 bridgehead atoms. The van der Waals surface area contributed by atoms with Crippen LogP contribution in [0.1, 0.15) is 39.0 Å². The molecule has 0 spiro atoms. The molecule has 1 saturated carbocycles. The molecule has 2 N–H and O–H groups in total. The van der Waals surface area contributed by atoms with Gasteiger partial charge in [0, 0.05) is 19.0 Å². The van der Waals surface area contributed by atoms with Crippen molar-refractivity contribution < 1.29 is 14.7 Å². The summed E-state index contributed by atoms with van der Waals surface area (Å²) < 4.78 is 0. The summed E-state index contributed by atoms with van der Waals surface area (Å²) in [6, 6.07) is -0.209. The molecule has 0 aromatic rings. The summed E-state index contributed by atoms with van der Waals surface area (Å²) in [6.45, 7) is 2.10. The molecule has 1 aliphatic carbocycles. The second kappa shape index (κ2) is 8.32. The lowest BCUT2D eigenvalue weighted by Gasteiger charge is -2.21. The lowest BCUT2D eigenvalue weighted by Crippen LogP contribution is -2.39. The third kappa shape index (κ3) is 5.69. The van der Waals surface area contributed by atoms with Crippen LogP contribution in [0.15, 0.2) is 0 Å². The quantitative estimate of drug-likeness (QED) is 0.767. The third-order valence-corrected chi connectivity index (χ3v) is 3.43. The highest BCUT2D eigenvalue weighted by molar-refractivity contribution is 5.85. The molecule has 1 unspecified atom stereocenters. The number of nitrogens with one attached hydrogen (secondary N) is 1. The first-order valence-electron chi connectivity index (χ1n) is 6.23. The van der Waals surface area contributed by atoms with E-state index in [2.05, 4.69) is 5.32 Å². The molecule has 1 rings (SSSR count). The summed E-state index contributed by atoms with van der Waals surface area (Å²) in [5.41, 5.74) is 0. The number of likely N-dealkylation sites (N-methyl/N-ethyl adjacent to an activating group) is 1. The monoisotopic (exact) mass is 278 g/mol. The Morgan fingerprint density at radius 1 is 1.39 bits per heavy atom. The van der Waals surface area contributed by atoms with E-state index >= 15 is 0 Å². The maximum absolute atomic E-state index is 11.6. The number of carbonyl (C=O) groups excluding carboxylic acids is 1. The van der Waals surface area contributed by atoms with Gasteiger partial charge in [-0.2, -0.15) is 0 Å². The molecule has 1 fully saturated rings. The van der Waals surface area contributed by atoms with E-state index in [-0.39, 0.29) is 18.3 Å². The lowest BCUT2D eigenvalue weighted by molar-refractivity contribution is -0.142. The second-order valence-corrected chi connectivity index (χ2v) is 4.79. The van der Waals surface area contributed by atoms with Gasteiger partial charge in [0.1, 0.15) is 6.04 Å². The first-order valence-corrected chi connectivity index (χ1v) is 6.23. The van der Waals surface area contributed by atoms with Crippen molar-refractivity contribution in [1.29, 1.82) is 0 Å². The minimum absolute atomic E-state index is 0. The number of nitrogens with zero attached hydrogens (tertiary/aromatic N) is 1. The summed E-state index contributed by atoms with van der Waals surface area (Å²) >= 11 is 0. The topological polar surface area (TPSA) is 69.6 Å². The van der Waals surface area contributed by atoms with E-state index < -0.39 is 12.0 Å².